The van der Waals surface area contributed by atoms with Gasteiger partial charge >= 0.3 is 0 Å². The largest absolute Gasteiger partial charge is 0.352 e. The maximum atomic E-state index is 4.61. The van der Waals surface area contributed by atoms with Crippen molar-refractivity contribution in [3.63, 3.8) is 0 Å². The molecule has 0 saturated carbocycles. The Labute approximate surface area is 181 Å². The first-order chi connectivity index (χ1) is 15.1. The van der Waals surface area contributed by atoms with Crippen molar-refractivity contribution < 1.29 is 0 Å². The number of fused-ring (bicyclic) bond motifs is 1. The van der Waals surface area contributed by atoms with Gasteiger partial charge in [0.1, 0.15) is 12.1 Å². The van der Waals surface area contributed by atoms with Gasteiger partial charge in [-0.3, -0.25) is 0 Å². The van der Waals surface area contributed by atoms with Crippen LogP contribution in [0.1, 0.15) is 22.5 Å². The Kier molecular flexibility index (Phi) is 4.97. The summed E-state index contributed by atoms with van der Waals surface area (Å²) < 4.78 is 1.95. The lowest BCUT2D eigenvalue weighted by Crippen LogP contribution is -2.47. The fraction of sp³-hybridized carbons (Fsp3) is 0.348. The van der Waals surface area contributed by atoms with Crippen molar-refractivity contribution in [2.24, 2.45) is 0 Å². The van der Waals surface area contributed by atoms with E-state index in [1.807, 2.05) is 30.8 Å². The van der Waals surface area contributed by atoms with Crippen LogP contribution in [0.25, 0.3) is 11.0 Å². The fourth-order valence-electron chi connectivity index (χ4n) is 4.08. The molecular weight excluding hydrogens is 388 g/mol. The number of hydrogen-bond donors (Lipinski definition) is 0. The molecule has 0 amide bonds. The van der Waals surface area contributed by atoms with Gasteiger partial charge in [-0.05, 0) is 32.4 Å². The van der Waals surface area contributed by atoms with Crippen LogP contribution < -0.4 is 9.80 Å². The first-order valence-corrected chi connectivity index (χ1v) is 10.6. The molecule has 4 heterocycles. The highest BCUT2D eigenvalue weighted by atomic mass is 15.3. The summed E-state index contributed by atoms with van der Waals surface area (Å²) >= 11 is 0. The molecule has 1 aliphatic rings. The zero-order valence-corrected chi connectivity index (χ0v) is 18.2. The van der Waals surface area contributed by atoms with Gasteiger partial charge in [0.05, 0.1) is 18.1 Å². The highest BCUT2D eigenvalue weighted by Crippen LogP contribution is 2.25. The SMILES string of the molecule is Cc1ccc(Cn2ncc3c(N4CCN(c5nc(C)cc(C)n5)CC4)ncnc32)cc1. The number of aryl methyl sites for hydroxylation is 3. The third-order valence-electron chi connectivity index (χ3n) is 5.70. The molecular formula is C23H26N8. The van der Waals surface area contributed by atoms with Crippen molar-refractivity contribution in [3.8, 4) is 0 Å². The number of benzene rings is 1. The van der Waals surface area contributed by atoms with Crippen molar-refractivity contribution in [2.45, 2.75) is 27.3 Å². The Morgan fingerprint density at radius 1 is 0.839 bits per heavy atom. The second-order valence-corrected chi connectivity index (χ2v) is 8.15. The molecule has 3 aromatic heterocycles. The van der Waals surface area contributed by atoms with Crippen LogP contribution in [0.5, 0.6) is 0 Å². The van der Waals surface area contributed by atoms with Crippen molar-refractivity contribution >= 4 is 22.8 Å². The third kappa shape index (κ3) is 3.93. The van der Waals surface area contributed by atoms with Gasteiger partial charge in [0.2, 0.25) is 5.95 Å². The van der Waals surface area contributed by atoms with E-state index in [2.05, 4.69) is 66.0 Å². The lowest BCUT2D eigenvalue weighted by atomic mass is 10.1. The molecule has 5 rings (SSSR count). The fourth-order valence-corrected chi connectivity index (χ4v) is 4.08. The van der Waals surface area contributed by atoms with Crippen LogP contribution in [0.2, 0.25) is 0 Å². The predicted octanol–water partition coefficient (Wildman–Crippen LogP) is 2.92. The smallest absolute Gasteiger partial charge is 0.225 e. The maximum absolute atomic E-state index is 4.61. The summed E-state index contributed by atoms with van der Waals surface area (Å²) in [5.41, 5.74) is 5.33. The molecule has 1 fully saturated rings. The van der Waals surface area contributed by atoms with Gasteiger partial charge in [-0.1, -0.05) is 29.8 Å². The summed E-state index contributed by atoms with van der Waals surface area (Å²) in [4.78, 5) is 22.9. The topological polar surface area (TPSA) is 75.9 Å². The van der Waals surface area contributed by atoms with Gasteiger partial charge in [-0.15, -0.1) is 0 Å². The van der Waals surface area contributed by atoms with Gasteiger partial charge in [0, 0.05) is 37.6 Å². The molecule has 158 valence electrons. The van der Waals surface area contributed by atoms with Crippen molar-refractivity contribution in [1.29, 1.82) is 0 Å². The van der Waals surface area contributed by atoms with Crippen LogP contribution in [0, 0.1) is 20.8 Å². The number of hydrogen-bond acceptors (Lipinski definition) is 7. The van der Waals surface area contributed by atoms with E-state index in [1.54, 1.807) is 6.33 Å². The second kappa shape index (κ2) is 7.94. The molecule has 0 spiro atoms. The van der Waals surface area contributed by atoms with Gasteiger partial charge < -0.3 is 9.80 Å². The van der Waals surface area contributed by atoms with Gasteiger partial charge in [-0.25, -0.2) is 24.6 Å². The van der Waals surface area contributed by atoms with Crippen molar-refractivity contribution in [1.82, 2.24) is 29.7 Å². The Hall–Kier alpha value is -3.55. The molecule has 0 bridgehead atoms. The van der Waals surface area contributed by atoms with Crippen LogP contribution in [-0.2, 0) is 6.54 Å². The number of rotatable bonds is 4. The summed E-state index contributed by atoms with van der Waals surface area (Å²) in [5, 5.41) is 5.60. The van der Waals surface area contributed by atoms with E-state index in [4.69, 9.17) is 0 Å². The average Bonchev–Trinajstić information content (AvgIpc) is 3.18. The van der Waals surface area contributed by atoms with E-state index in [1.165, 1.54) is 11.1 Å². The number of piperazine rings is 1. The molecule has 0 N–H and O–H groups in total. The summed E-state index contributed by atoms with van der Waals surface area (Å²) in [6.45, 7) is 10.2. The molecule has 8 nitrogen and oxygen atoms in total. The molecule has 1 saturated heterocycles. The van der Waals surface area contributed by atoms with E-state index in [9.17, 15) is 0 Å². The zero-order chi connectivity index (χ0) is 21.4. The van der Waals surface area contributed by atoms with Crippen LogP contribution in [0.3, 0.4) is 0 Å². The van der Waals surface area contributed by atoms with Gasteiger partial charge in [-0.2, -0.15) is 5.10 Å². The Morgan fingerprint density at radius 3 is 2.23 bits per heavy atom. The lowest BCUT2D eigenvalue weighted by Gasteiger charge is -2.35. The minimum absolute atomic E-state index is 0.693. The molecule has 1 aliphatic heterocycles. The van der Waals surface area contributed by atoms with E-state index < -0.39 is 0 Å². The van der Waals surface area contributed by atoms with Crippen LogP contribution in [-0.4, -0.2) is 55.9 Å². The van der Waals surface area contributed by atoms with Gasteiger partial charge in [0.15, 0.2) is 5.65 Å². The average molecular weight is 415 g/mol. The van der Waals surface area contributed by atoms with Crippen LogP contribution in [0.15, 0.2) is 42.9 Å². The predicted molar refractivity (Wildman–Crippen MR) is 122 cm³/mol. The van der Waals surface area contributed by atoms with E-state index in [-0.39, 0.29) is 0 Å². The van der Waals surface area contributed by atoms with Crippen LogP contribution in [0.4, 0.5) is 11.8 Å². The summed E-state index contributed by atoms with van der Waals surface area (Å²) in [5.74, 6) is 1.76. The van der Waals surface area contributed by atoms with Crippen LogP contribution >= 0.6 is 0 Å². The van der Waals surface area contributed by atoms with Gasteiger partial charge in [0.25, 0.3) is 0 Å². The van der Waals surface area contributed by atoms with Crippen molar-refractivity contribution in [3.05, 3.63) is 65.4 Å². The highest BCUT2D eigenvalue weighted by Gasteiger charge is 2.23. The second-order valence-electron chi connectivity index (χ2n) is 8.15. The van der Waals surface area contributed by atoms with E-state index in [0.717, 1.165) is 60.4 Å². The standard InChI is InChI=1S/C23H26N8/c1-16-4-6-19(7-5-16)14-31-22-20(13-26-31)21(24-15-25-22)29-8-10-30(11-9-29)23-27-17(2)12-18(3)28-23/h4-7,12-13,15H,8-11,14H2,1-3H3. The summed E-state index contributed by atoms with van der Waals surface area (Å²) in [6, 6.07) is 10.5. The highest BCUT2D eigenvalue weighted by molar-refractivity contribution is 5.86. The molecule has 8 heteroatoms. The quantitative estimate of drug-likeness (QED) is 0.508. The Morgan fingerprint density at radius 2 is 1.52 bits per heavy atom. The molecule has 0 aliphatic carbocycles. The molecule has 0 radical (unpaired) electrons. The zero-order valence-electron chi connectivity index (χ0n) is 18.2. The van der Waals surface area contributed by atoms with Crippen molar-refractivity contribution in [2.75, 3.05) is 36.0 Å². The lowest BCUT2D eigenvalue weighted by molar-refractivity contribution is 0.634. The molecule has 4 aromatic rings. The van der Waals surface area contributed by atoms with E-state index in [0.29, 0.717) is 6.54 Å². The molecule has 31 heavy (non-hydrogen) atoms. The molecule has 1 aromatic carbocycles. The monoisotopic (exact) mass is 414 g/mol. The van der Waals surface area contributed by atoms with E-state index >= 15 is 0 Å². The summed E-state index contributed by atoms with van der Waals surface area (Å²) in [7, 11) is 0. The molecule has 0 atom stereocenters. The normalized spacial score (nSPS) is 14.4. The maximum Gasteiger partial charge on any atom is 0.225 e. The summed E-state index contributed by atoms with van der Waals surface area (Å²) in [6.07, 6.45) is 3.53. The number of aromatic nitrogens is 6. The first kappa shape index (κ1) is 19.4. The Balaban J connectivity index is 1.35. The number of anilines is 2. The molecule has 0 unspecified atom stereocenters. The minimum Gasteiger partial charge on any atom is -0.352 e. The first-order valence-electron chi connectivity index (χ1n) is 10.6. The third-order valence-corrected chi connectivity index (χ3v) is 5.70. The number of nitrogens with zero attached hydrogens (tertiary/aromatic N) is 8. The Bertz CT molecular complexity index is 1190. The minimum atomic E-state index is 0.693.